The van der Waals surface area contributed by atoms with Crippen molar-refractivity contribution in [2.45, 2.75) is 19.4 Å². The van der Waals surface area contributed by atoms with Crippen LogP contribution in [-0.4, -0.2) is 11.6 Å². The van der Waals surface area contributed by atoms with Crippen molar-refractivity contribution < 1.29 is 4.42 Å². The predicted octanol–water partition coefficient (Wildman–Crippen LogP) is 1.94. The Labute approximate surface area is 111 Å². The largest absolute Gasteiger partial charge is 0.419 e. The van der Waals surface area contributed by atoms with Crippen molar-refractivity contribution in [2.75, 3.05) is 7.05 Å². The second kappa shape index (κ2) is 5.29. The van der Waals surface area contributed by atoms with Gasteiger partial charge in [0.2, 0.25) is 0 Å². The van der Waals surface area contributed by atoms with E-state index in [2.05, 4.69) is 11.4 Å². The Morgan fingerprint density at radius 1 is 1.53 bits per heavy atom. The second-order valence-electron chi connectivity index (χ2n) is 4.56. The standard InChI is InChI=1S/C14H17N3O2/c1-4-9(8-15)13(16-2)10-5-6-11-12(7-10)19-14(18)17(11)3/h5-7,9,13,16H,4H2,1-3H3. The molecule has 5 heteroatoms. The van der Waals surface area contributed by atoms with Crippen molar-refractivity contribution in [3.8, 4) is 6.07 Å². The SMILES string of the molecule is CCC(C#N)C(NC)c1ccc2c(c1)oc(=O)n2C. The number of aryl methyl sites for hydroxylation is 1. The lowest BCUT2D eigenvalue weighted by molar-refractivity contribution is 0.448. The number of nitriles is 1. The van der Waals surface area contributed by atoms with Crippen LogP contribution in [-0.2, 0) is 7.05 Å². The molecule has 0 fully saturated rings. The Balaban J connectivity index is 2.50. The monoisotopic (exact) mass is 259 g/mol. The molecule has 0 aliphatic rings. The van der Waals surface area contributed by atoms with Gasteiger partial charge in [0.1, 0.15) is 0 Å². The highest BCUT2D eigenvalue weighted by atomic mass is 16.4. The quantitative estimate of drug-likeness (QED) is 0.910. The summed E-state index contributed by atoms with van der Waals surface area (Å²) >= 11 is 0. The molecule has 0 aliphatic heterocycles. The molecule has 19 heavy (non-hydrogen) atoms. The van der Waals surface area contributed by atoms with Crippen LogP contribution < -0.4 is 11.1 Å². The van der Waals surface area contributed by atoms with E-state index < -0.39 is 0 Å². The maximum atomic E-state index is 11.5. The third-order valence-electron chi connectivity index (χ3n) is 3.49. The highest BCUT2D eigenvalue weighted by molar-refractivity contribution is 5.73. The summed E-state index contributed by atoms with van der Waals surface area (Å²) in [5.41, 5.74) is 2.27. The van der Waals surface area contributed by atoms with Gasteiger partial charge in [-0.2, -0.15) is 5.26 Å². The first-order valence-corrected chi connectivity index (χ1v) is 6.28. The summed E-state index contributed by atoms with van der Waals surface area (Å²) in [5, 5.41) is 12.3. The number of benzene rings is 1. The Kier molecular flexibility index (Phi) is 3.72. The fourth-order valence-corrected chi connectivity index (χ4v) is 2.35. The number of oxazole rings is 1. The van der Waals surface area contributed by atoms with Gasteiger partial charge in [0.25, 0.3) is 0 Å². The van der Waals surface area contributed by atoms with E-state index in [4.69, 9.17) is 4.42 Å². The van der Waals surface area contributed by atoms with Crippen LogP contribution in [0.25, 0.3) is 11.1 Å². The van der Waals surface area contributed by atoms with E-state index in [0.29, 0.717) is 5.58 Å². The van der Waals surface area contributed by atoms with E-state index in [-0.39, 0.29) is 17.7 Å². The summed E-state index contributed by atoms with van der Waals surface area (Å²) in [6.45, 7) is 1.99. The van der Waals surface area contributed by atoms with Crippen molar-refractivity contribution in [1.29, 1.82) is 5.26 Å². The molecule has 0 aliphatic carbocycles. The van der Waals surface area contributed by atoms with Crippen LogP contribution in [0.3, 0.4) is 0 Å². The minimum absolute atomic E-state index is 0.0649. The first kappa shape index (κ1) is 13.4. The molecule has 100 valence electrons. The molecule has 2 unspecified atom stereocenters. The molecule has 1 aromatic carbocycles. The molecule has 0 radical (unpaired) electrons. The number of rotatable bonds is 4. The molecular weight excluding hydrogens is 242 g/mol. The Morgan fingerprint density at radius 2 is 2.26 bits per heavy atom. The van der Waals surface area contributed by atoms with Crippen molar-refractivity contribution in [1.82, 2.24) is 9.88 Å². The number of hydrogen-bond donors (Lipinski definition) is 1. The predicted molar refractivity (Wildman–Crippen MR) is 72.6 cm³/mol. The molecular formula is C14H17N3O2. The topological polar surface area (TPSA) is 71.0 Å². The normalized spacial score (nSPS) is 14.2. The smallest absolute Gasteiger partial charge is 0.408 e. The zero-order chi connectivity index (χ0) is 14.0. The summed E-state index contributed by atoms with van der Waals surface area (Å²) in [6, 6.07) is 7.85. The molecule has 1 N–H and O–H groups in total. The summed E-state index contributed by atoms with van der Waals surface area (Å²) in [4.78, 5) is 11.5. The van der Waals surface area contributed by atoms with Gasteiger partial charge in [-0.1, -0.05) is 13.0 Å². The first-order chi connectivity index (χ1) is 9.12. The lowest BCUT2D eigenvalue weighted by atomic mass is 9.92. The lowest BCUT2D eigenvalue weighted by Gasteiger charge is -2.20. The molecule has 0 amide bonds. The minimum atomic E-state index is -0.375. The molecule has 0 bridgehead atoms. The number of nitrogens with one attached hydrogen (secondary N) is 1. The van der Waals surface area contributed by atoms with Crippen LogP contribution in [0.1, 0.15) is 24.9 Å². The van der Waals surface area contributed by atoms with E-state index in [1.54, 1.807) is 7.05 Å². The van der Waals surface area contributed by atoms with Crippen LogP contribution in [0.2, 0.25) is 0 Å². The third-order valence-corrected chi connectivity index (χ3v) is 3.49. The lowest BCUT2D eigenvalue weighted by Crippen LogP contribution is -2.23. The molecule has 2 atom stereocenters. The van der Waals surface area contributed by atoms with Crippen molar-refractivity contribution in [2.24, 2.45) is 13.0 Å². The molecule has 2 aromatic rings. The summed E-state index contributed by atoms with van der Waals surface area (Å²) in [7, 11) is 3.50. The van der Waals surface area contributed by atoms with E-state index in [1.807, 2.05) is 32.2 Å². The Morgan fingerprint density at radius 3 is 2.84 bits per heavy atom. The van der Waals surface area contributed by atoms with Gasteiger partial charge >= 0.3 is 5.76 Å². The average molecular weight is 259 g/mol. The van der Waals surface area contributed by atoms with Crippen LogP contribution in [0, 0.1) is 17.2 Å². The van der Waals surface area contributed by atoms with Crippen LogP contribution in [0.4, 0.5) is 0 Å². The van der Waals surface area contributed by atoms with E-state index in [0.717, 1.165) is 17.5 Å². The number of hydrogen-bond acceptors (Lipinski definition) is 4. The van der Waals surface area contributed by atoms with Gasteiger partial charge in [0, 0.05) is 13.1 Å². The van der Waals surface area contributed by atoms with Gasteiger partial charge < -0.3 is 9.73 Å². The van der Waals surface area contributed by atoms with E-state index in [9.17, 15) is 10.1 Å². The Hall–Kier alpha value is -2.06. The fourth-order valence-electron chi connectivity index (χ4n) is 2.35. The van der Waals surface area contributed by atoms with Gasteiger partial charge in [-0.15, -0.1) is 0 Å². The zero-order valence-corrected chi connectivity index (χ0v) is 11.3. The summed E-state index contributed by atoms with van der Waals surface area (Å²) < 4.78 is 6.65. The fraction of sp³-hybridized carbons (Fsp3) is 0.429. The molecule has 0 saturated heterocycles. The van der Waals surface area contributed by atoms with Crippen LogP contribution in [0.15, 0.2) is 27.4 Å². The van der Waals surface area contributed by atoms with E-state index in [1.165, 1.54) is 4.57 Å². The van der Waals surface area contributed by atoms with Gasteiger partial charge in [0.05, 0.1) is 17.5 Å². The molecule has 1 heterocycles. The summed E-state index contributed by atoms with van der Waals surface area (Å²) in [5.74, 6) is -0.488. The molecule has 0 saturated carbocycles. The average Bonchev–Trinajstić information content (AvgIpc) is 2.70. The van der Waals surface area contributed by atoms with Crippen molar-refractivity contribution >= 4 is 11.1 Å². The third kappa shape index (κ3) is 2.27. The maximum Gasteiger partial charge on any atom is 0.419 e. The van der Waals surface area contributed by atoms with E-state index >= 15 is 0 Å². The van der Waals surface area contributed by atoms with Gasteiger partial charge in [0.15, 0.2) is 5.58 Å². The molecule has 0 spiro atoms. The van der Waals surface area contributed by atoms with Crippen LogP contribution in [0.5, 0.6) is 0 Å². The molecule has 5 nitrogen and oxygen atoms in total. The summed E-state index contributed by atoms with van der Waals surface area (Å²) in [6.07, 6.45) is 0.763. The van der Waals surface area contributed by atoms with Gasteiger partial charge in [-0.05, 0) is 31.2 Å². The highest BCUT2D eigenvalue weighted by Crippen LogP contribution is 2.26. The first-order valence-electron chi connectivity index (χ1n) is 6.28. The van der Waals surface area contributed by atoms with Gasteiger partial charge in [-0.3, -0.25) is 4.57 Å². The maximum absolute atomic E-state index is 11.5. The van der Waals surface area contributed by atoms with Gasteiger partial charge in [-0.25, -0.2) is 4.79 Å². The minimum Gasteiger partial charge on any atom is -0.408 e. The second-order valence-corrected chi connectivity index (χ2v) is 4.56. The number of nitrogens with zero attached hydrogens (tertiary/aromatic N) is 2. The highest BCUT2D eigenvalue weighted by Gasteiger charge is 2.21. The zero-order valence-electron chi connectivity index (χ0n) is 11.3. The number of fused-ring (bicyclic) bond motifs is 1. The Bertz CT molecular complexity index is 678. The van der Waals surface area contributed by atoms with Crippen molar-refractivity contribution in [3.05, 3.63) is 34.3 Å². The molecule has 2 rings (SSSR count). The van der Waals surface area contributed by atoms with Crippen molar-refractivity contribution in [3.63, 3.8) is 0 Å². The number of aromatic nitrogens is 1. The molecule has 1 aromatic heterocycles. The van der Waals surface area contributed by atoms with Crippen LogP contribution >= 0.6 is 0 Å².